The van der Waals surface area contributed by atoms with Gasteiger partial charge in [0.1, 0.15) is 5.82 Å². The number of nitrogens with zero attached hydrogens (tertiary/aromatic N) is 2. The van der Waals surface area contributed by atoms with Crippen molar-refractivity contribution in [2.24, 2.45) is 5.92 Å². The number of methoxy groups -OCH3 is 1. The van der Waals surface area contributed by atoms with E-state index in [1.54, 1.807) is 10.6 Å². The number of nitrogens with one attached hydrogen (secondary N) is 1. The highest BCUT2D eigenvalue weighted by Crippen LogP contribution is 2.41. The van der Waals surface area contributed by atoms with E-state index in [1.165, 1.54) is 13.2 Å². The molecule has 2 fully saturated rings. The lowest BCUT2D eigenvalue weighted by atomic mass is 10.0. The van der Waals surface area contributed by atoms with E-state index in [2.05, 4.69) is 5.32 Å². The van der Waals surface area contributed by atoms with Crippen LogP contribution in [-0.2, 0) is 0 Å². The first-order chi connectivity index (χ1) is 13.8. The molecule has 156 valence electrons. The second kappa shape index (κ2) is 7.24. The molecule has 1 aliphatic carbocycles. The zero-order valence-electron chi connectivity index (χ0n) is 16.9. The summed E-state index contributed by atoms with van der Waals surface area (Å²) in [4.78, 5) is 25.8. The molecule has 2 heterocycles. The normalized spacial score (nSPS) is 20.1. The van der Waals surface area contributed by atoms with Gasteiger partial charge in [-0.15, -0.1) is 0 Å². The Morgan fingerprint density at radius 3 is 2.69 bits per heavy atom. The lowest BCUT2D eigenvalue weighted by molar-refractivity contribution is 0.186. The van der Waals surface area contributed by atoms with Crippen LogP contribution in [0.2, 0.25) is 0 Å². The van der Waals surface area contributed by atoms with Crippen molar-refractivity contribution in [1.82, 2.24) is 9.88 Å². The number of hydrogen-bond acceptors (Lipinski definition) is 4. The van der Waals surface area contributed by atoms with Crippen LogP contribution in [0.1, 0.15) is 37.8 Å². The van der Waals surface area contributed by atoms with Gasteiger partial charge in [0.2, 0.25) is 0 Å². The SMILES string of the molecule is COc1cc2cc(F)c(N3CCC([C@H](C)NC(=O)O)C3)c(C)c2n(C2CC2)c1=O. The summed E-state index contributed by atoms with van der Waals surface area (Å²) in [6.07, 6.45) is 1.58. The fraction of sp³-hybridized carbons (Fsp3) is 0.524. The molecule has 0 spiro atoms. The van der Waals surface area contributed by atoms with Gasteiger partial charge < -0.3 is 24.6 Å². The van der Waals surface area contributed by atoms with Gasteiger partial charge >= 0.3 is 6.09 Å². The molecule has 1 unspecified atom stereocenters. The van der Waals surface area contributed by atoms with Crippen LogP contribution < -0.4 is 20.5 Å². The Kier molecular flexibility index (Phi) is 4.88. The van der Waals surface area contributed by atoms with Gasteiger partial charge in [-0.05, 0) is 56.7 Å². The molecule has 8 heteroatoms. The number of amides is 1. The van der Waals surface area contributed by atoms with Crippen LogP contribution >= 0.6 is 0 Å². The Bertz CT molecular complexity index is 1030. The molecule has 29 heavy (non-hydrogen) atoms. The number of hydrogen-bond donors (Lipinski definition) is 2. The van der Waals surface area contributed by atoms with E-state index in [-0.39, 0.29) is 35.1 Å². The number of aromatic nitrogens is 1. The highest BCUT2D eigenvalue weighted by molar-refractivity contribution is 5.89. The standard InChI is InChI=1S/C21H26FN3O4/c1-11-18-14(9-17(29-3)20(26)25(18)15-4-5-15)8-16(22)19(11)24-7-6-13(10-24)12(2)23-21(27)28/h8-9,12-13,15,23H,4-7,10H2,1-3H3,(H,27,28)/t12-,13?/m0/s1. The molecule has 4 rings (SSSR count). The minimum absolute atomic E-state index is 0.0992. The van der Waals surface area contributed by atoms with Gasteiger partial charge in [0.05, 0.1) is 18.3 Å². The molecule has 2 atom stereocenters. The Morgan fingerprint density at radius 2 is 2.07 bits per heavy atom. The molecule has 1 amide bonds. The first-order valence-corrected chi connectivity index (χ1v) is 9.98. The molecule has 7 nitrogen and oxygen atoms in total. The molecular formula is C21H26FN3O4. The number of rotatable bonds is 5. The summed E-state index contributed by atoms with van der Waals surface area (Å²) in [6, 6.07) is 3.01. The molecule has 2 N–H and O–H groups in total. The predicted octanol–water partition coefficient (Wildman–Crippen LogP) is 3.27. The smallest absolute Gasteiger partial charge is 0.404 e. The van der Waals surface area contributed by atoms with Gasteiger partial charge in [0.15, 0.2) is 5.75 Å². The van der Waals surface area contributed by atoms with E-state index < -0.39 is 6.09 Å². The molecule has 2 aromatic rings. The molecule has 1 aromatic heterocycles. The monoisotopic (exact) mass is 403 g/mol. The number of pyridine rings is 1. The lowest BCUT2D eigenvalue weighted by Gasteiger charge is -2.25. The number of fused-ring (bicyclic) bond motifs is 1. The molecule has 0 radical (unpaired) electrons. The summed E-state index contributed by atoms with van der Waals surface area (Å²) < 4.78 is 22.2. The Balaban J connectivity index is 1.78. The van der Waals surface area contributed by atoms with Crippen LogP contribution in [0.3, 0.4) is 0 Å². The first kappa shape index (κ1) is 19.5. The average Bonchev–Trinajstić information content (AvgIpc) is 3.38. The number of carboxylic acid groups (broad SMARTS) is 1. The molecule has 1 aliphatic heterocycles. The summed E-state index contributed by atoms with van der Waals surface area (Å²) in [5.41, 5.74) is 1.82. The number of aryl methyl sites for hydroxylation is 1. The fourth-order valence-corrected chi connectivity index (χ4v) is 4.56. The van der Waals surface area contributed by atoms with E-state index in [1.807, 2.05) is 18.7 Å². The van der Waals surface area contributed by atoms with Gasteiger partial charge in [-0.1, -0.05) is 0 Å². The molecule has 1 saturated heterocycles. The van der Waals surface area contributed by atoms with Crippen molar-refractivity contribution in [3.8, 4) is 5.75 Å². The molecule has 2 aliphatic rings. The van der Waals surface area contributed by atoms with Crippen LogP contribution in [0, 0.1) is 18.7 Å². The minimum Gasteiger partial charge on any atom is -0.491 e. The van der Waals surface area contributed by atoms with E-state index in [0.29, 0.717) is 24.2 Å². The Hall–Kier alpha value is -2.77. The number of benzene rings is 1. The zero-order valence-corrected chi connectivity index (χ0v) is 16.9. The van der Waals surface area contributed by atoms with Crippen LogP contribution in [0.15, 0.2) is 16.9 Å². The second-order valence-electron chi connectivity index (χ2n) is 8.12. The molecule has 1 aromatic carbocycles. The second-order valence-corrected chi connectivity index (χ2v) is 8.12. The third kappa shape index (κ3) is 3.41. The Morgan fingerprint density at radius 1 is 1.34 bits per heavy atom. The maximum atomic E-state index is 15.2. The zero-order chi connectivity index (χ0) is 20.9. The van der Waals surface area contributed by atoms with E-state index in [9.17, 15) is 9.59 Å². The lowest BCUT2D eigenvalue weighted by Crippen LogP contribution is -2.38. The number of carbonyl (C=O) groups is 1. The largest absolute Gasteiger partial charge is 0.491 e. The third-order valence-electron chi connectivity index (χ3n) is 6.18. The van der Waals surface area contributed by atoms with Gasteiger partial charge in [-0.3, -0.25) is 4.79 Å². The summed E-state index contributed by atoms with van der Waals surface area (Å²) in [6.45, 7) is 4.90. The van der Waals surface area contributed by atoms with E-state index in [0.717, 1.165) is 30.3 Å². The minimum atomic E-state index is -1.05. The van der Waals surface area contributed by atoms with Crippen LogP contribution in [0.4, 0.5) is 14.9 Å². The molecular weight excluding hydrogens is 377 g/mol. The third-order valence-corrected chi connectivity index (χ3v) is 6.18. The van der Waals surface area contributed by atoms with Gasteiger partial charge in [-0.25, -0.2) is 9.18 Å². The van der Waals surface area contributed by atoms with Crippen molar-refractivity contribution < 1.29 is 19.0 Å². The van der Waals surface area contributed by atoms with Crippen molar-refractivity contribution in [1.29, 1.82) is 0 Å². The van der Waals surface area contributed by atoms with Crippen molar-refractivity contribution in [2.75, 3.05) is 25.1 Å². The van der Waals surface area contributed by atoms with Crippen LogP contribution in [0.5, 0.6) is 5.75 Å². The van der Waals surface area contributed by atoms with Crippen LogP contribution in [0.25, 0.3) is 10.9 Å². The summed E-state index contributed by atoms with van der Waals surface area (Å²) in [7, 11) is 1.45. The summed E-state index contributed by atoms with van der Waals surface area (Å²) >= 11 is 0. The van der Waals surface area contributed by atoms with E-state index >= 15 is 4.39 Å². The van der Waals surface area contributed by atoms with Crippen LogP contribution in [-0.4, -0.2) is 42.0 Å². The number of halogens is 1. The van der Waals surface area contributed by atoms with Crippen molar-refractivity contribution in [3.05, 3.63) is 33.9 Å². The Labute approximate surface area is 168 Å². The highest BCUT2D eigenvalue weighted by atomic mass is 19.1. The molecule has 1 saturated carbocycles. The van der Waals surface area contributed by atoms with Gasteiger partial charge in [-0.2, -0.15) is 0 Å². The van der Waals surface area contributed by atoms with Gasteiger partial charge in [0.25, 0.3) is 5.56 Å². The number of ether oxygens (including phenoxy) is 1. The van der Waals surface area contributed by atoms with Gasteiger partial charge in [0, 0.05) is 30.6 Å². The van der Waals surface area contributed by atoms with Crippen molar-refractivity contribution >= 4 is 22.7 Å². The predicted molar refractivity (Wildman–Crippen MR) is 109 cm³/mol. The van der Waals surface area contributed by atoms with Crippen molar-refractivity contribution in [3.63, 3.8) is 0 Å². The topological polar surface area (TPSA) is 83.8 Å². The first-order valence-electron chi connectivity index (χ1n) is 9.98. The maximum absolute atomic E-state index is 15.2. The summed E-state index contributed by atoms with van der Waals surface area (Å²) in [5, 5.41) is 12.1. The molecule has 0 bridgehead atoms. The highest BCUT2D eigenvalue weighted by Gasteiger charge is 2.33. The van der Waals surface area contributed by atoms with Crippen molar-refractivity contribution in [2.45, 2.75) is 45.2 Å². The number of anilines is 1. The quantitative estimate of drug-likeness (QED) is 0.801. The average molecular weight is 403 g/mol. The maximum Gasteiger partial charge on any atom is 0.404 e. The van der Waals surface area contributed by atoms with E-state index in [4.69, 9.17) is 9.84 Å². The summed E-state index contributed by atoms with van der Waals surface area (Å²) in [5.74, 6) is -0.00890. The fourth-order valence-electron chi connectivity index (χ4n) is 4.56.